The molecule has 1 unspecified atom stereocenters. The number of furan rings is 1. The van der Waals surface area contributed by atoms with E-state index >= 15 is 0 Å². The van der Waals surface area contributed by atoms with E-state index in [1.54, 1.807) is 6.26 Å². The van der Waals surface area contributed by atoms with Crippen LogP contribution in [0.15, 0.2) is 27.8 Å². The molecule has 1 aromatic heterocycles. The lowest BCUT2D eigenvalue weighted by Gasteiger charge is -2.26. The first-order valence-electron chi connectivity index (χ1n) is 10.1. The zero-order chi connectivity index (χ0) is 18.2. The van der Waals surface area contributed by atoms with Crippen LogP contribution < -0.4 is 10.6 Å². The zero-order valence-corrected chi connectivity index (χ0v) is 15.9. The normalized spacial score (nSPS) is 21.8. The van der Waals surface area contributed by atoms with Crippen LogP contribution in [0.5, 0.6) is 0 Å². The Balaban J connectivity index is 1.55. The number of carbonyl (C=O) groups excluding carboxylic acids is 1. The lowest BCUT2D eigenvalue weighted by atomic mass is 9.96. The molecule has 2 fully saturated rings. The Hall–Kier alpha value is -1.98. The van der Waals surface area contributed by atoms with Crippen molar-refractivity contribution in [1.82, 2.24) is 15.5 Å². The van der Waals surface area contributed by atoms with Crippen molar-refractivity contribution >= 4 is 11.9 Å². The van der Waals surface area contributed by atoms with Crippen molar-refractivity contribution in [3.05, 3.63) is 24.2 Å². The molecule has 26 heavy (non-hydrogen) atoms. The summed E-state index contributed by atoms with van der Waals surface area (Å²) in [5, 5.41) is 7.19. The van der Waals surface area contributed by atoms with Crippen LogP contribution in [0.25, 0.3) is 0 Å². The van der Waals surface area contributed by atoms with Gasteiger partial charge >= 0.3 is 0 Å². The summed E-state index contributed by atoms with van der Waals surface area (Å²) in [6.07, 6.45) is 10.4. The highest BCUT2D eigenvalue weighted by atomic mass is 16.3. The average Bonchev–Trinajstić information content (AvgIpc) is 3.34. The maximum absolute atomic E-state index is 11.9. The molecule has 2 heterocycles. The van der Waals surface area contributed by atoms with Crippen LogP contribution >= 0.6 is 0 Å². The zero-order valence-electron chi connectivity index (χ0n) is 15.9. The molecular formula is C20H32N4O2. The molecule has 2 N–H and O–H groups in total. The molecule has 1 aliphatic carbocycles. The standard InChI is InChI=1S/C20H32N4O2/c1-2-19(25)24-13-11-17(15-24)23-20(22-16-7-4-3-5-8-16)21-12-10-18-9-6-14-26-18/h6,9,14,16-17H,2-5,7-8,10-13,15H2,1H3,(H2,21,22,23). The number of nitrogens with zero attached hydrogens (tertiary/aromatic N) is 2. The third-order valence-corrected chi connectivity index (χ3v) is 5.34. The maximum Gasteiger partial charge on any atom is 0.222 e. The van der Waals surface area contributed by atoms with E-state index in [4.69, 9.17) is 9.41 Å². The summed E-state index contributed by atoms with van der Waals surface area (Å²) < 4.78 is 5.40. The van der Waals surface area contributed by atoms with Crippen LogP contribution in [-0.2, 0) is 11.2 Å². The number of amides is 1. The van der Waals surface area contributed by atoms with Gasteiger partial charge in [-0.3, -0.25) is 9.79 Å². The second-order valence-corrected chi connectivity index (χ2v) is 7.36. The number of guanidine groups is 1. The molecule has 6 nitrogen and oxygen atoms in total. The number of likely N-dealkylation sites (tertiary alicyclic amines) is 1. The smallest absolute Gasteiger partial charge is 0.222 e. The van der Waals surface area contributed by atoms with Gasteiger partial charge in [-0.2, -0.15) is 0 Å². The molecule has 1 saturated heterocycles. The molecule has 1 saturated carbocycles. The summed E-state index contributed by atoms with van der Waals surface area (Å²) in [5.74, 6) is 2.09. The van der Waals surface area contributed by atoms with E-state index in [9.17, 15) is 4.79 Å². The van der Waals surface area contributed by atoms with E-state index in [0.717, 1.165) is 37.7 Å². The summed E-state index contributed by atoms with van der Waals surface area (Å²) in [4.78, 5) is 18.6. The highest BCUT2D eigenvalue weighted by Gasteiger charge is 2.26. The molecule has 144 valence electrons. The highest BCUT2D eigenvalue weighted by molar-refractivity contribution is 5.81. The molecule has 1 aromatic rings. The van der Waals surface area contributed by atoms with E-state index < -0.39 is 0 Å². The Morgan fingerprint density at radius 2 is 2.04 bits per heavy atom. The molecule has 2 aliphatic rings. The monoisotopic (exact) mass is 360 g/mol. The quantitative estimate of drug-likeness (QED) is 0.604. The van der Waals surface area contributed by atoms with Crippen molar-refractivity contribution < 1.29 is 9.21 Å². The predicted molar refractivity (Wildman–Crippen MR) is 103 cm³/mol. The molecule has 6 heteroatoms. The van der Waals surface area contributed by atoms with Gasteiger partial charge in [0.25, 0.3) is 0 Å². The summed E-state index contributed by atoms with van der Waals surface area (Å²) in [7, 11) is 0. The van der Waals surface area contributed by atoms with Gasteiger partial charge in [0, 0.05) is 44.6 Å². The Labute approximate surface area is 156 Å². The summed E-state index contributed by atoms with van der Waals surface area (Å²) in [6.45, 7) is 4.23. The molecule has 0 bridgehead atoms. The molecule has 0 radical (unpaired) electrons. The average molecular weight is 361 g/mol. The molecule has 3 rings (SSSR count). The highest BCUT2D eigenvalue weighted by Crippen LogP contribution is 2.17. The number of rotatable bonds is 6. The van der Waals surface area contributed by atoms with Crippen molar-refractivity contribution in [2.75, 3.05) is 19.6 Å². The second-order valence-electron chi connectivity index (χ2n) is 7.36. The molecule has 1 amide bonds. The van der Waals surface area contributed by atoms with Crippen molar-refractivity contribution in [3.63, 3.8) is 0 Å². The molecule has 1 aliphatic heterocycles. The largest absolute Gasteiger partial charge is 0.469 e. The Morgan fingerprint density at radius 3 is 2.77 bits per heavy atom. The van der Waals surface area contributed by atoms with Gasteiger partial charge in [0.05, 0.1) is 6.26 Å². The van der Waals surface area contributed by atoms with E-state index in [2.05, 4.69) is 10.6 Å². The van der Waals surface area contributed by atoms with Gasteiger partial charge in [0.2, 0.25) is 5.91 Å². The number of carbonyl (C=O) groups is 1. The van der Waals surface area contributed by atoms with Gasteiger partial charge in [0.15, 0.2) is 5.96 Å². The van der Waals surface area contributed by atoms with Crippen LogP contribution in [0.3, 0.4) is 0 Å². The van der Waals surface area contributed by atoms with E-state index in [-0.39, 0.29) is 11.9 Å². The fraction of sp³-hybridized carbons (Fsp3) is 0.700. The summed E-state index contributed by atoms with van der Waals surface area (Å²) >= 11 is 0. The van der Waals surface area contributed by atoms with Gasteiger partial charge in [-0.05, 0) is 31.4 Å². The lowest BCUT2D eigenvalue weighted by molar-refractivity contribution is -0.129. The Bertz CT molecular complexity index is 579. The van der Waals surface area contributed by atoms with Crippen molar-refractivity contribution in [3.8, 4) is 0 Å². The molecule has 0 aromatic carbocycles. The second kappa shape index (κ2) is 9.64. The van der Waals surface area contributed by atoms with Gasteiger partial charge in [-0.1, -0.05) is 26.2 Å². The Morgan fingerprint density at radius 1 is 1.23 bits per heavy atom. The first-order chi connectivity index (χ1) is 12.7. The van der Waals surface area contributed by atoms with E-state index in [0.29, 0.717) is 19.0 Å². The van der Waals surface area contributed by atoms with E-state index in [1.807, 2.05) is 24.0 Å². The minimum absolute atomic E-state index is 0.242. The SMILES string of the molecule is CCC(=O)N1CCC(NC(=NCCc2ccco2)NC2CCCCC2)C1. The Kier molecular flexibility index (Phi) is 6.97. The third-order valence-electron chi connectivity index (χ3n) is 5.34. The van der Waals surface area contributed by atoms with Gasteiger partial charge in [0.1, 0.15) is 5.76 Å². The topological polar surface area (TPSA) is 69.9 Å². The number of hydrogen-bond donors (Lipinski definition) is 2. The number of aliphatic imine (C=N–C) groups is 1. The van der Waals surface area contributed by atoms with Crippen molar-refractivity contribution in [2.45, 2.75) is 70.4 Å². The van der Waals surface area contributed by atoms with Gasteiger partial charge in [-0.15, -0.1) is 0 Å². The van der Waals surface area contributed by atoms with Gasteiger partial charge < -0.3 is 20.0 Å². The van der Waals surface area contributed by atoms with E-state index in [1.165, 1.54) is 32.1 Å². The molecular weight excluding hydrogens is 328 g/mol. The van der Waals surface area contributed by atoms with Crippen LogP contribution in [0, 0.1) is 0 Å². The van der Waals surface area contributed by atoms with Crippen molar-refractivity contribution in [1.29, 1.82) is 0 Å². The first kappa shape index (κ1) is 18.8. The molecule has 0 spiro atoms. The first-order valence-corrected chi connectivity index (χ1v) is 10.1. The van der Waals surface area contributed by atoms with Crippen LogP contribution in [0.4, 0.5) is 0 Å². The maximum atomic E-state index is 11.9. The summed E-state index contributed by atoms with van der Waals surface area (Å²) in [6, 6.07) is 4.69. The number of hydrogen-bond acceptors (Lipinski definition) is 3. The fourth-order valence-corrected chi connectivity index (χ4v) is 3.83. The van der Waals surface area contributed by atoms with Crippen LogP contribution in [0.1, 0.15) is 57.6 Å². The predicted octanol–water partition coefficient (Wildman–Crippen LogP) is 2.70. The molecule has 1 atom stereocenters. The third kappa shape index (κ3) is 5.51. The van der Waals surface area contributed by atoms with Crippen LogP contribution in [-0.4, -0.2) is 48.5 Å². The van der Waals surface area contributed by atoms with Crippen LogP contribution in [0.2, 0.25) is 0 Å². The lowest BCUT2D eigenvalue weighted by Crippen LogP contribution is -2.49. The minimum atomic E-state index is 0.242. The minimum Gasteiger partial charge on any atom is -0.469 e. The summed E-state index contributed by atoms with van der Waals surface area (Å²) in [5.41, 5.74) is 0. The number of nitrogens with one attached hydrogen (secondary N) is 2. The van der Waals surface area contributed by atoms with Crippen molar-refractivity contribution in [2.24, 2.45) is 4.99 Å². The van der Waals surface area contributed by atoms with Gasteiger partial charge in [-0.25, -0.2) is 0 Å². The fourth-order valence-electron chi connectivity index (χ4n) is 3.83.